The fourth-order valence-electron chi connectivity index (χ4n) is 3.36. The number of primary amides is 1. The molecule has 29 heavy (non-hydrogen) atoms. The maximum Gasteiger partial charge on any atom is 0.262 e. The van der Waals surface area contributed by atoms with Crippen LogP contribution in [0.2, 0.25) is 0 Å². The first-order valence-electron chi connectivity index (χ1n) is 9.43. The zero-order chi connectivity index (χ0) is 21.1. The SMILES string of the molecule is CC(C)CC(C(=O)NCc1ccc(C(N)=O)cc1)N1C(=O)c2ccccc2C1=O. The smallest absolute Gasteiger partial charge is 0.262 e. The van der Waals surface area contributed by atoms with E-state index in [1.807, 2.05) is 13.8 Å². The monoisotopic (exact) mass is 393 g/mol. The van der Waals surface area contributed by atoms with Gasteiger partial charge in [0, 0.05) is 12.1 Å². The lowest BCUT2D eigenvalue weighted by Gasteiger charge is -2.26. The molecule has 0 radical (unpaired) electrons. The predicted molar refractivity (Wildman–Crippen MR) is 107 cm³/mol. The average Bonchev–Trinajstić information content (AvgIpc) is 2.95. The molecule has 3 N–H and O–H groups in total. The molecular weight excluding hydrogens is 370 g/mol. The van der Waals surface area contributed by atoms with Crippen LogP contribution in [0.3, 0.4) is 0 Å². The van der Waals surface area contributed by atoms with Crippen molar-refractivity contribution in [2.75, 3.05) is 0 Å². The lowest BCUT2D eigenvalue weighted by Crippen LogP contribution is -2.50. The standard InChI is InChI=1S/C22H23N3O4/c1-13(2)11-18(25-21(28)16-5-3-4-6-17(16)22(25)29)20(27)24-12-14-7-9-15(10-8-14)19(23)26/h3-10,13,18H,11-12H2,1-2H3,(H2,23,26)(H,24,27). The van der Waals surface area contributed by atoms with Gasteiger partial charge in [-0.05, 0) is 42.2 Å². The normalized spacial score (nSPS) is 14.1. The highest BCUT2D eigenvalue weighted by atomic mass is 16.2. The summed E-state index contributed by atoms with van der Waals surface area (Å²) < 4.78 is 0. The number of nitrogens with two attached hydrogens (primary N) is 1. The van der Waals surface area contributed by atoms with Crippen molar-refractivity contribution in [1.82, 2.24) is 10.2 Å². The third kappa shape index (κ3) is 4.18. The quantitative estimate of drug-likeness (QED) is 0.702. The van der Waals surface area contributed by atoms with Crippen molar-refractivity contribution in [3.8, 4) is 0 Å². The van der Waals surface area contributed by atoms with Gasteiger partial charge in [-0.1, -0.05) is 38.1 Å². The Labute approximate surface area is 168 Å². The molecule has 0 fully saturated rings. The Morgan fingerprint density at radius 1 is 0.966 bits per heavy atom. The van der Waals surface area contributed by atoms with Crippen molar-refractivity contribution in [3.63, 3.8) is 0 Å². The van der Waals surface area contributed by atoms with E-state index in [0.29, 0.717) is 23.1 Å². The molecule has 1 heterocycles. The van der Waals surface area contributed by atoms with Gasteiger partial charge in [0.05, 0.1) is 11.1 Å². The summed E-state index contributed by atoms with van der Waals surface area (Å²) in [7, 11) is 0. The van der Waals surface area contributed by atoms with Gasteiger partial charge in [-0.15, -0.1) is 0 Å². The van der Waals surface area contributed by atoms with Gasteiger partial charge >= 0.3 is 0 Å². The maximum absolute atomic E-state index is 12.9. The van der Waals surface area contributed by atoms with Crippen molar-refractivity contribution in [2.45, 2.75) is 32.9 Å². The van der Waals surface area contributed by atoms with E-state index >= 15 is 0 Å². The number of benzene rings is 2. The van der Waals surface area contributed by atoms with E-state index in [1.165, 1.54) is 0 Å². The zero-order valence-corrected chi connectivity index (χ0v) is 16.3. The van der Waals surface area contributed by atoms with Crippen LogP contribution in [0.15, 0.2) is 48.5 Å². The van der Waals surface area contributed by atoms with Gasteiger partial charge in [0.2, 0.25) is 11.8 Å². The Bertz CT molecular complexity index is 931. The molecule has 1 aliphatic heterocycles. The fourth-order valence-corrected chi connectivity index (χ4v) is 3.36. The summed E-state index contributed by atoms with van der Waals surface area (Å²) >= 11 is 0. The number of hydrogen-bond acceptors (Lipinski definition) is 4. The minimum absolute atomic E-state index is 0.102. The molecule has 0 bridgehead atoms. The summed E-state index contributed by atoms with van der Waals surface area (Å²) in [5.74, 6) is -1.71. The van der Waals surface area contributed by atoms with E-state index in [-0.39, 0.29) is 12.5 Å². The van der Waals surface area contributed by atoms with Crippen molar-refractivity contribution >= 4 is 23.6 Å². The number of nitrogens with one attached hydrogen (secondary N) is 1. The highest BCUT2D eigenvalue weighted by Crippen LogP contribution is 2.27. The number of amides is 4. The lowest BCUT2D eigenvalue weighted by atomic mass is 10.0. The molecule has 0 aromatic heterocycles. The Balaban J connectivity index is 1.77. The Morgan fingerprint density at radius 3 is 2.00 bits per heavy atom. The fraction of sp³-hybridized carbons (Fsp3) is 0.273. The third-order valence-electron chi connectivity index (χ3n) is 4.84. The van der Waals surface area contributed by atoms with Gasteiger partial charge < -0.3 is 11.1 Å². The number of imide groups is 1. The minimum Gasteiger partial charge on any atom is -0.366 e. The highest BCUT2D eigenvalue weighted by molar-refractivity contribution is 6.22. The van der Waals surface area contributed by atoms with Crippen LogP contribution in [0.4, 0.5) is 0 Å². The number of carbonyl (C=O) groups is 4. The van der Waals surface area contributed by atoms with Gasteiger partial charge in [-0.3, -0.25) is 24.1 Å². The summed E-state index contributed by atoms with van der Waals surface area (Å²) in [4.78, 5) is 50.7. The highest BCUT2D eigenvalue weighted by Gasteiger charge is 2.42. The molecule has 2 aromatic rings. The van der Waals surface area contributed by atoms with Crippen LogP contribution in [-0.4, -0.2) is 34.6 Å². The molecule has 0 saturated carbocycles. The second-order valence-corrected chi connectivity index (χ2v) is 7.45. The molecule has 0 spiro atoms. The Morgan fingerprint density at radius 2 is 1.52 bits per heavy atom. The summed E-state index contributed by atoms with van der Waals surface area (Å²) in [6.07, 6.45) is 0.359. The second kappa shape index (κ2) is 8.26. The van der Waals surface area contributed by atoms with Gasteiger partial charge in [0.15, 0.2) is 0 Å². The molecule has 2 aromatic carbocycles. The number of nitrogens with zero attached hydrogens (tertiary/aromatic N) is 1. The van der Waals surface area contributed by atoms with Crippen LogP contribution in [0.25, 0.3) is 0 Å². The van der Waals surface area contributed by atoms with E-state index in [0.717, 1.165) is 10.5 Å². The van der Waals surface area contributed by atoms with Crippen LogP contribution < -0.4 is 11.1 Å². The second-order valence-electron chi connectivity index (χ2n) is 7.45. The number of fused-ring (bicyclic) bond motifs is 1. The molecule has 4 amide bonds. The summed E-state index contributed by atoms with van der Waals surface area (Å²) in [5, 5.41) is 2.80. The topological polar surface area (TPSA) is 110 Å². The lowest BCUT2D eigenvalue weighted by molar-refractivity contribution is -0.125. The molecule has 1 aliphatic rings. The van der Waals surface area contributed by atoms with Crippen LogP contribution in [0.5, 0.6) is 0 Å². The van der Waals surface area contributed by atoms with E-state index < -0.39 is 29.7 Å². The summed E-state index contributed by atoms with van der Waals surface area (Å²) in [5.41, 5.74) is 7.02. The summed E-state index contributed by atoms with van der Waals surface area (Å²) in [6.45, 7) is 4.07. The molecular formula is C22H23N3O4. The molecule has 0 aliphatic carbocycles. The molecule has 7 heteroatoms. The number of hydrogen-bond donors (Lipinski definition) is 2. The van der Waals surface area contributed by atoms with Crippen molar-refractivity contribution in [2.24, 2.45) is 11.7 Å². The van der Waals surface area contributed by atoms with Crippen LogP contribution >= 0.6 is 0 Å². The van der Waals surface area contributed by atoms with Crippen LogP contribution in [-0.2, 0) is 11.3 Å². The van der Waals surface area contributed by atoms with E-state index in [2.05, 4.69) is 5.32 Å². The molecule has 3 rings (SSSR count). The first-order chi connectivity index (χ1) is 13.8. The van der Waals surface area contributed by atoms with Gasteiger partial charge in [0.25, 0.3) is 11.8 Å². The van der Waals surface area contributed by atoms with Gasteiger partial charge in [0.1, 0.15) is 6.04 Å². The number of rotatable bonds is 7. The van der Waals surface area contributed by atoms with Gasteiger partial charge in [-0.2, -0.15) is 0 Å². The van der Waals surface area contributed by atoms with Crippen molar-refractivity contribution < 1.29 is 19.2 Å². The predicted octanol–water partition coefficient (Wildman–Crippen LogP) is 2.11. The Kier molecular flexibility index (Phi) is 5.77. The molecule has 1 atom stereocenters. The molecule has 150 valence electrons. The molecule has 7 nitrogen and oxygen atoms in total. The molecule has 1 unspecified atom stereocenters. The van der Waals surface area contributed by atoms with Crippen LogP contribution in [0, 0.1) is 5.92 Å². The third-order valence-corrected chi connectivity index (χ3v) is 4.84. The van der Waals surface area contributed by atoms with E-state index in [4.69, 9.17) is 5.73 Å². The Hall–Kier alpha value is -3.48. The largest absolute Gasteiger partial charge is 0.366 e. The minimum atomic E-state index is -0.896. The van der Waals surface area contributed by atoms with Gasteiger partial charge in [-0.25, -0.2) is 0 Å². The van der Waals surface area contributed by atoms with Crippen molar-refractivity contribution in [1.29, 1.82) is 0 Å². The first kappa shape index (κ1) is 20.3. The van der Waals surface area contributed by atoms with Crippen LogP contribution in [0.1, 0.15) is 56.9 Å². The van der Waals surface area contributed by atoms with E-state index in [9.17, 15) is 19.2 Å². The maximum atomic E-state index is 12.9. The first-order valence-corrected chi connectivity index (χ1v) is 9.43. The zero-order valence-electron chi connectivity index (χ0n) is 16.3. The van der Waals surface area contributed by atoms with Crippen molar-refractivity contribution in [3.05, 3.63) is 70.8 Å². The van der Waals surface area contributed by atoms with E-state index in [1.54, 1.807) is 48.5 Å². The summed E-state index contributed by atoms with van der Waals surface area (Å²) in [6, 6.07) is 12.2. The number of carbonyl (C=O) groups excluding carboxylic acids is 4. The average molecular weight is 393 g/mol. The molecule has 0 saturated heterocycles.